The second-order valence-corrected chi connectivity index (χ2v) is 10.4. The van der Waals surface area contributed by atoms with Gasteiger partial charge in [-0.05, 0) is 84.7 Å². The lowest BCUT2D eigenvalue weighted by molar-refractivity contribution is 0.307. The van der Waals surface area contributed by atoms with Crippen molar-refractivity contribution in [3.8, 4) is 5.75 Å². The topological polar surface area (TPSA) is 65.9 Å². The molecule has 2 aliphatic rings. The smallest absolute Gasteiger partial charge is 0.229 e. The van der Waals surface area contributed by atoms with Gasteiger partial charge in [0.2, 0.25) is 5.95 Å². The quantitative estimate of drug-likeness (QED) is 0.208. The summed E-state index contributed by atoms with van der Waals surface area (Å²) in [5, 5.41) is 6.96. The average molecular weight is 521 g/mol. The van der Waals surface area contributed by atoms with Gasteiger partial charge in [0.05, 0.1) is 6.21 Å². The van der Waals surface area contributed by atoms with E-state index in [-0.39, 0.29) is 0 Å². The number of nitrogens with one attached hydrogen (secondary N) is 1. The first-order chi connectivity index (χ1) is 19.3. The van der Waals surface area contributed by atoms with Crippen LogP contribution in [0.3, 0.4) is 0 Å². The zero-order valence-corrected chi connectivity index (χ0v) is 22.4. The van der Waals surface area contributed by atoms with Crippen LogP contribution in [0, 0.1) is 0 Å². The third-order valence-electron chi connectivity index (χ3n) is 7.57. The fourth-order valence-electron chi connectivity index (χ4n) is 5.40. The highest BCUT2D eigenvalue weighted by Crippen LogP contribution is 2.25. The van der Waals surface area contributed by atoms with Crippen molar-refractivity contribution in [3.05, 3.63) is 83.9 Å². The highest BCUT2D eigenvalue weighted by molar-refractivity contribution is 5.85. The number of anilines is 3. The molecule has 2 saturated heterocycles. The van der Waals surface area contributed by atoms with E-state index in [1.165, 1.54) is 54.9 Å². The molecule has 0 spiro atoms. The summed E-state index contributed by atoms with van der Waals surface area (Å²) in [5.74, 6) is 3.37. The summed E-state index contributed by atoms with van der Waals surface area (Å²) in [6.45, 7) is 4.66. The van der Waals surface area contributed by atoms with Gasteiger partial charge in [0.15, 0.2) is 5.82 Å². The summed E-state index contributed by atoms with van der Waals surface area (Å²) in [6.07, 6.45) is 9.21. The van der Waals surface area contributed by atoms with Gasteiger partial charge in [0, 0.05) is 32.2 Å². The first-order valence-electron chi connectivity index (χ1n) is 14.2. The van der Waals surface area contributed by atoms with Gasteiger partial charge in [-0.2, -0.15) is 15.1 Å². The summed E-state index contributed by atoms with van der Waals surface area (Å²) in [6, 6.07) is 24.8. The molecule has 7 heteroatoms. The molecule has 1 aromatic heterocycles. The van der Waals surface area contributed by atoms with Crippen molar-refractivity contribution in [1.82, 2.24) is 9.97 Å². The van der Waals surface area contributed by atoms with E-state index in [2.05, 4.69) is 62.8 Å². The van der Waals surface area contributed by atoms with Gasteiger partial charge in [0.1, 0.15) is 18.2 Å². The molecule has 0 bridgehead atoms. The highest BCUT2D eigenvalue weighted by Gasteiger charge is 2.19. The number of ether oxygens (including phenoxy) is 1. The van der Waals surface area contributed by atoms with Crippen LogP contribution in [0.1, 0.15) is 49.7 Å². The molecular formula is C32H36N6O. The molecule has 2 fully saturated rings. The molecule has 2 aliphatic heterocycles. The molecule has 0 atom stereocenters. The number of hydrogen-bond donors (Lipinski definition) is 1. The van der Waals surface area contributed by atoms with Gasteiger partial charge in [-0.1, -0.05) is 42.5 Å². The lowest BCUT2D eigenvalue weighted by atomic mass is 10.1. The number of piperidine rings is 2. The van der Waals surface area contributed by atoms with Crippen molar-refractivity contribution in [2.75, 3.05) is 41.4 Å². The molecule has 4 aromatic rings. The zero-order valence-electron chi connectivity index (χ0n) is 22.4. The summed E-state index contributed by atoms with van der Waals surface area (Å²) in [4.78, 5) is 14.5. The van der Waals surface area contributed by atoms with E-state index >= 15 is 0 Å². The summed E-state index contributed by atoms with van der Waals surface area (Å²) in [7, 11) is 0. The van der Waals surface area contributed by atoms with Crippen LogP contribution >= 0.6 is 0 Å². The molecule has 7 nitrogen and oxygen atoms in total. The third-order valence-corrected chi connectivity index (χ3v) is 7.57. The van der Waals surface area contributed by atoms with Crippen LogP contribution in [0.4, 0.5) is 17.6 Å². The van der Waals surface area contributed by atoms with E-state index < -0.39 is 0 Å². The molecule has 39 heavy (non-hydrogen) atoms. The molecule has 1 N–H and O–H groups in total. The number of fused-ring (bicyclic) bond motifs is 1. The van der Waals surface area contributed by atoms with E-state index in [9.17, 15) is 0 Å². The predicted molar refractivity (Wildman–Crippen MR) is 160 cm³/mol. The van der Waals surface area contributed by atoms with Crippen LogP contribution in [0.15, 0.2) is 77.9 Å². The molecule has 6 rings (SSSR count). The highest BCUT2D eigenvalue weighted by atomic mass is 16.5. The van der Waals surface area contributed by atoms with Gasteiger partial charge < -0.3 is 14.5 Å². The lowest BCUT2D eigenvalue weighted by Crippen LogP contribution is -2.33. The summed E-state index contributed by atoms with van der Waals surface area (Å²) < 4.78 is 6.08. The Balaban J connectivity index is 1.11. The Labute approximate surface area is 230 Å². The van der Waals surface area contributed by atoms with Crippen LogP contribution in [-0.4, -0.2) is 42.4 Å². The minimum absolute atomic E-state index is 0.531. The van der Waals surface area contributed by atoms with Crippen LogP contribution in [0.25, 0.3) is 10.8 Å². The first-order valence-corrected chi connectivity index (χ1v) is 14.2. The second-order valence-electron chi connectivity index (χ2n) is 10.4. The Morgan fingerprint density at radius 1 is 0.769 bits per heavy atom. The molecule has 0 aliphatic carbocycles. The van der Waals surface area contributed by atoms with Gasteiger partial charge in [0.25, 0.3) is 0 Å². The minimum Gasteiger partial charge on any atom is -0.489 e. The van der Waals surface area contributed by atoms with Crippen LogP contribution in [-0.2, 0) is 6.61 Å². The Morgan fingerprint density at radius 2 is 1.49 bits per heavy atom. The lowest BCUT2D eigenvalue weighted by Gasteiger charge is -2.31. The molecule has 3 heterocycles. The van der Waals surface area contributed by atoms with Gasteiger partial charge in [-0.3, -0.25) is 5.43 Å². The minimum atomic E-state index is 0.531. The van der Waals surface area contributed by atoms with Crippen molar-refractivity contribution in [2.45, 2.75) is 45.1 Å². The normalized spacial score (nSPS) is 16.1. The van der Waals surface area contributed by atoms with Gasteiger partial charge in [-0.15, -0.1) is 0 Å². The molecular weight excluding hydrogens is 484 g/mol. The van der Waals surface area contributed by atoms with E-state index in [0.717, 1.165) is 55.1 Å². The zero-order chi connectivity index (χ0) is 26.3. The van der Waals surface area contributed by atoms with Crippen molar-refractivity contribution in [3.63, 3.8) is 0 Å². The summed E-state index contributed by atoms with van der Waals surface area (Å²) >= 11 is 0. The molecule has 3 aromatic carbocycles. The fourth-order valence-corrected chi connectivity index (χ4v) is 5.40. The number of rotatable bonds is 8. The molecule has 200 valence electrons. The number of nitrogens with zero attached hydrogens (tertiary/aromatic N) is 5. The Bertz CT molecular complexity index is 1370. The SMILES string of the molecule is C(=N/Nc1cc(N2CCCCC2)nc(N2CCCCC2)n1)/c1ccc(OCc2cccc3ccccc23)cc1. The third kappa shape index (κ3) is 6.30. The fraction of sp³-hybridized carbons (Fsp3) is 0.344. The standard InChI is InChI=1S/C32H36N6O/c1-5-18-37(19-6-1)31-22-30(34-32(35-31)38-20-7-2-8-21-38)36-33-23-25-14-16-28(17-15-25)39-24-27-12-9-11-26-10-3-4-13-29(26)27/h3-4,9-17,22-23H,1-2,5-8,18-21,24H2,(H,34,35,36)/b33-23-. The molecule has 0 saturated carbocycles. The van der Waals surface area contributed by atoms with Crippen molar-refractivity contribution in [1.29, 1.82) is 0 Å². The maximum absolute atomic E-state index is 6.08. The van der Waals surface area contributed by atoms with Crippen LogP contribution < -0.4 is 20.0 Å². The van der Waals surface area contributed by atoms with Crippen molar-refractivity contribution >= 4 is 34.6 Å². The second kappa shape index (κ2) is 12.2. The average Bonchev–Trinajstić information content (AvgIpc) is 3.01. The monoisotopic (exact) mass is 520 g/mol. The van der Waals surface area contributed by atoms with Crippen LogP contribution in [0.2, 0.25) is 0 Å². The number of hydrazone groups is 1. The number of benzene rings is 3. The number of hydrogen-bond acceptors (Lipinski definition) is 7. The summed E-state index contributed by atoms with van der Waals surface area (Å²) in [5.41, 5.74) is 5.33. The Kier molecular flexibility index (Phi) is 7.84. The van der Waals surface area contributed by atoms with E-state index in [1.54, 1.807) is 0 Å². The number of aromatic nitrogens is 2. The maximum atomic E-state index is 6.08. The first kappa shape index (κ1) is 25.2. The largest absolute Gasteiger partial charge is 0.489 e. The molecule has 0 radical (unpaired) electrons. The van der Waals surface area contributed by atoms with Crippen LogP contribution in [0.5, 0.6) is 5.75 Å². The molecule has 0 amide bonds. The van der Waals surface area contributed by atoms with Crippen molar-refractivity contribution < 1.29 is 4.74 Å². The van der Waals surface area contributed by atoms with Gasteiger partial charge >= 0.3 is 0 Å². The molecule has 0 unspecified atom stereocenters. The van der Waals surface area contributed by atoms with E-state index in [0.29, 0.717) is 6.61 Å². The Morgan fingerprint density at radius 3 is 2.28 bits per heavy atom. The Hall–Kier alpha value is -4.13. The maximum Gasteiger partial charge on any atom is 0.229 e. The van der Waals surface area contributed by atoms with Crippen molar-refractivity contribution in [2.24, 2.45) is 5.10 Å². The van der Waals surface area contributed by atoms with E-state index in [4.69, 9.17) is 14.7 Å². The predicted octanol–water partition coefficient (Wildman–Crippen LogP) is 6.64. The van der Waals surface area contributed by atoms with E-state index in [1.807, 2.05) is 36.5 Å². The van der Waals surface area contributed by atoms with Gasteiger partial charge in [-0.25, -0.2) is 0 Å².